The van der Waals surface area contributed by atoms with Crippen molar-refractivity contribution in [1.29, 1.82) is 0 Å². The van der Waals surface area contributed by atoms with E-state index in [2.05, 4.69) is 34.3 Å². The van der Waals surface area contributed by atoms with E-state index in [0.29, 0.717) is 16.4 Å². The zero-order valence-corrected chi connectivity index (χ0v) is 17.6. The molecule has 2 aromatic carbocycles. The second kappa shape index (κ2) is 8.57. The molecule has 0 saturated carbocycles. The van der Waals surface area contributed by atoms with Crippen LogP contribution in [0.25, 0.3) is 11.0 Å². The second-order valence-electron chi connectivity index (χ2n) is 7.71. The molecule has 5 nitrogen and oxygen atoms in total. The van der Waals surface area contributed by atoms with Crippen LogP contribution in [0.1, 0.15) is 27.7 Å². The first-order valence-corrected chi connectivity index (χ1v) is 10.3. The fourth-order valence-electron chi connectivity index (χ4n) is 3.86. The molecular weight excluding hydrogens is 386 g/mol. The SMILES string of the molecule is Cc1c(C(=O)NC(CN2CCN(C)CC2)c2ccccc2)oc2c(Cl)cccc12. The number of amides is 1. The number of para-hydroxylation sites is 1. The van der Waals surface area contributed by atoms with Gasteiger partial charge in [-0.05, 0) is 25.6 Å². The van der Waals surface area contributed by atoms with Crippen LogP contribution in [-0.4, -0.2) is 55.5 Å². The molecule has 6 heteroatoms. The maximum absolute atomic E-state index is 13.1. The molecule has 1 amide bonds. The van der Waals surface area contributed by atoms with Crippen molar-refractivity contribution in [2.45, 2.75) is 13.0 Å². The smallest absolute Gasteiger partial charge is 0.287 e. The summed E-state index contributed by atoms with van der Waals surface area (Å²) in [7, 11) is 2.14. The quantitative estimate of drug-likeness (QED) is 0.686. The number of benzene rings is 2. The summed E-state index contributed by atoms with van der Waals surface area (Å²) in [5, 5.41) is 4.59. The van der Waals surface area contributed by atoms with Gasteiger partial charge < -0.3 is 14.6 Å². The van der Waals surface area contributed by atoms with E-state index in [1.54, 1.807) is 6.07 Å². The number of nitrogens with one attached hydrogen (secondary N) is 1. The van der Waals surface area contributed by atoms with Crippen LogP contribution in [0.3, 0.4) is 0 Å². The summed E-state index contributed by atoms with van der Waals surface area (Å²) in [6.45, 7) is 6.73. The molecule has 1 N–H and O–H groups in total. The van der Waals surface area contributed by atoms with Crippen LogP contribution in [0.2, 0.25) is 5.02 Å². The van der Waals surface area contributed by atoms with Crippen molar-refractivity contribution in [1.82, 2.24) is 15.1 Å². The van der Waals surface area contributed by atoms with E-state index in [1.807, 2.05) is 37.3 Å². The highest BCUT2D eigenvalue weighted by molar-refractivity contribution is 6.35. The standard InChI is InChI=1S/C23H26ClN3O2/c1-16-18-9-6-10-19(24)22(18)29-21(16)23(28)25-20(17-7-4-3-5-8-17)15-27-13-11-26(2)12-14-27/h3-10,20H,11-15H2,1-2H3,(H,25,28). The van der Waals surface area contributed by atoms with Gasteiger partial charge >= 0.3 is 0 Å². The van der Waals surface area contributed by atoms with Crippen LogP contribution >= 0.6 is 11.6 Å². The third-order valence-electron chi connectivity index (χ3n) is 5.67. The molecule has 4 rings (SSSR count). The van der Waals surface area contributed by atoms with Crippen molar-refractivity contribution >= 4 is 28.5 Å². The summed E-state index contributed by atoms with van der Waals surface area (Å²) >= 11 is 6.25. The molecule has 0 aliphatic carbocycles. The minimum absolute atomic E-state index is 0.116. The predicted octanol–water partition coefficient (Wildman–Crippen LogP) is 4.11. The number of piperazine rings is 1. The first-order chi connectivity index (χ1) is 14.0. The predicted molar refractivity (Wildman–Crippen MR) is 117 cm³/mol. The maximum atomic E-state index is 13.1. The topological polar surface area (TPSA) is 48.7 Å². The Morgan fingerprint density at radius 2 is 1.83 bits per heavy atom. The minimum atomic E-state index is -0.210. The largest absolute Gasteiger partial charge is 0.449 e. The molecule has 1 atom stereocenters. The highest BCUT2D eigenvalue weighted by Crippen LogP contribution is 2.31. The number of likely N-dealkylation sites (N-methyl/N-ethyl adjacent to an activating group) is 1. The molecule has 0 radical (unpaired) electrons. The molecule has 1 aromatic heterocycles. The van der Waals surface area contributed by atoms with E-state index >= 15 is 0 Å². The molecule has 1 saturated heterocycles. The number of nitrogens with zero attached hydrogens (tertiary/aromatic N) is 2. The van der Waals surface area contributed by atoms with Gasteiger partial charge in [0.2, 0.25) is 0 Å². The van der Waals surface area contributed by atoms with Gasteiger partial charge in [0.05, 0.1) is 11.1 Å². The van der Waals surface area contributed by atoms with Gasteiger partial charge in [0.15, 0.2) is 11.3 Å². The van der Waals surface area contributed by atoms with Gasteiger partial charge in [0.1, 0.15) is 0 Å². The van der Waals surface area contributed by atoms with Gasteiger partial charge in [-0.15, -0.1) is 0 Å². The molecule has 1 aliphatic rings. The summed E-state index contributed by atoms with van der Waals surface area (Å²) in [6.07, 6.45) is 0. The zero-order valence-electron chi connectivity index (χ0n) is 16.8. The van der Waals surface area contributed by atoms with Crippen molar-refractivity contribution in [3.63, 3.8) is 0 Å². The molecule has 3 aromatic rings. The Labute approximate surface area is 176 Å². The number of hydrogen-bond donors (Lipinski definition) is 1. The third-order valence-corrected chi connectivity index (χ3v) is 5.96. The van der Waals surface area contributed by atoms with Gasteiger partial charge in [-0.2, -0.15) is 0 Å². The van der Waals surface area contributed by atoms with E-state index in [9.17, 15) is 4.79 Å². The average molecular weight is 412 g/mol. The average Bonchev–Trinajstić information content (AvgIpc) is 3.08. The minimum Gasteiger partial charge on any atom is -0.449 e. The van der Waals surface area contributed by atoms with E-state index < -0.39 is 0 Å². The number of halogens is 1. The molecular formula is C23H26ClN3O2. The number of aryl methyl sites for hydroxylation is 1. The fourth-order valence-corrected chi connectivity index (χ4v) is 4.07. The monoisotopic (exact) mass is 411 g/mol. The summed E-state index contributed by atoms with van der Waals surface area (Å²) in [5.74, 6) is 0.116. The Balaban J connectivity index is 1.58. The Kier molecular flexibility index (Phi) is 5.90. The molecule has 0 bridgehead atoms. The normalized spacial score (nSPS) is 16.8. The van der Waals surface area contributed by atoms with Crippen LogP contribution in [0.15, 0.2) is 52.9 Å². The lowest BCUT2D eigenvalue weighted by atomic mass is 10.1. The highest BCUT2D eigenvalue weighted by atomic mass is 35.5. The highest BCUT2D eigenvalue weighted by Gasteiger charge is 2.25. The molecule has 0 spiro atoms. The fraction of sp³-hybridized carbons (Fsp3) is 0.348. The maximum Gasteiger partial charge on any atom is 0.287 e. The number of fused-ring (bicyclic) bond motifs is 1. The number of carbonyl (C=O) groups is 1. The summed E-state index contributed by atoms with van der Waals surface area (Å²) in [4.78, 5) is 17.9. The Bertz CT molecular complexity index is 994. The van der Waals surface area contributed by atoms with Crippen molar-refractivity contribution in [3.8, 4) is 0 Å². The van der Waals surface area contributed by atoms with Gasteiger partial charge in [-0.1, -0.05) is 54.1 Å². The molecule has 29 heavy (non-hydrogen) atoms. The van der Waals surface area contributed by atoms with Crippen molar-refractivity contribution < 1.29 is 9.21 Å². The number of carbonyl (C=O) groups excluding carboxylic acids is 1. The third kappa shape index (κ3) is 4.32. The number of rotatable bonds is 5. The van der Waals surface area contributed by atoms with E-state index in [0.717, 1.165) is 49.2 Å². The Morgan fingerprint density at radius 1 is 1.10 bits per heavy atom. The van der Waals surface area contributed by atoms with E-state index in [-0.39, 0.29) is 11.9 Å². The zero-order chi connectivity index (χ0) is 20.4. The van der Waals surface area contributed by atoms with Crippen LogP contribution in [-0.2, 0) is 0 Å². The van der Waals surface area contributed by atoms with Gasteiger partial charge in [0.25, 0.3) is 5.91 Å². The van der Waals surface area contributed by atoms with Crippen LogP contribution < -0.4 is 5.32 Å². The van der Waals surface area contributed by atoms with Crippen LogP contribution in [0, 0.1) is 6.92 Å². The lowest BCUT2D eigenvalue weighted by Gasteiger charge is -2.35. The van der Waals surface area contributed by atoms with Gasteiger partial charge in [0, 0.05) is 43.7 Å². The van der Waals surface area contributed by atoms with Crippen molar-refractivity contribution in [2.24, 2.45) is 0 Å². The van der Waals surface area contributed by atoms with Gasteiger partial charge in [-0.3, -0.25) is 9.69 Å². The Hall–Kier alpha value is -2.34. The molecule has 1 unspecified atom stereocenters. The number of furan rings is 1. The molecule has 1 fully saturated rings. The van der Waals surface area contributed by atoms with E-state index in [4.69, 9.17) is 16.0 Å². The van der Waals surface area contributed by atoms with Crippen LogP contribution in [0.5, 0.6) is 0 Å². The van der Waals surface area contributed by atoms with E-state index in [1.165, 1.54) is 0 Å². The molecule has 152 valence electrons. The first kappa shape index (κ1) is 20.0. The number of hydrogen-bond acceptors (Lipinski definition) is 4. The van der Waals surface area contributed by atoms with Gasteiger partial charge in [-0.25, -0.2) is 0 Å². The summed E-state index contributed by atoms with van der Waals surface area (Å²) in [5.41, 5.74) is 2.46. The summed E-state index contributed by atoms with van der Waals surface area (Å²) < 4.78 is 5.87. The lowest BCUT2D eigenvalue weighted by molar-refractivity contribution is 0.0881. The first-order valence-electron chi connectivity index (χ1n) is 9.97. The van der Waals surface area contributed by atoms with Crippen LogP contribution in [0.4, 0.5) is 0 Å². The molecule has 2 heterocycles. The molecule has 1 aliphatic heterocycles. The van der Waals surface area contributed by atoms with Crippen molar-refractivity contribution in [3.05, 3.63) is 70.4 Å². The second-order valence-corrected chi connectivity index (χ2v) is 8.12. The lowest BCUT2D eigenvalue weighted by Crippen LogP contribution is -2.47. The Morgan fingerprint density at radius 3 is 2.52 bits per heavy atom. The van der Waals surface area contributed by atoms with Crippen molar-refractivity contribution in [2.75, 3.05) is 39.8 Å². The summed E-state index contributed by atoms with van der Waals surface area (Å²) in [6, 6.07) is 15.6.